The number of piperazine rings is 1. The van der Waals surface area contributed by atoms with Crippen LogP contribution in [0.4, 0.5) is 15.1 Å². The zero-order chi connectivity index (χ0) is 26.6. The summed E-state index contributed by atoms with van der Waals surface area (Å²) < 4.78 is 13.4. The molecular weight excluding hydrogens is 527 g/mol. The van der Waals surface area contributed by atoms with Gasteiger partial charge in [0.15, 0.2) is 0 Å². The number of nitrogens with zero attached hydrogens (tertiary/aromatic N) is 4. The topological polar surface area (TPSA) is 31.7 Å². The number of hydrogen-bond donors (Lipinski definition) is 0. The van der Waals surface area contributed by atoms with Gasteiger partial charge in [-0.15, -0.1) is 0 Å². The van der Waals surface area contributed by atoms with Gasteiger partial charge in [-0.05, 0) is 36.4 Å². The maximum absolute atomic E-state index is 13.4. The maximum Gasteiger partial charge on any atom is 0.146 e. The van der Waals surface area contributed by atoms with Crippen LogP contribution in [0.25, 0.3) is 21.8 Å². The quantitative estimate of drug-likeness (QED) is 0.163. The highest BCUT2D eigenvalue weighted by atomic mass is 35.5. The first-order chi connectivity index (χ1) is 19.1. The Morgan fingerprint density at radius 2 is 1.38 bits per heavy atom. The summed E-state index contributed by atoms with van der Waals surface area (Å²) in [4.78, 5) is 15.0. The van der Waals surface area contributed by atoms with Gasteiger partial charge in [0.05, 0.1) is 0 Å². The van der Waals surface area contributed by atoms with Crippen LogP contribution in [0.2, 0.25) is 5.02 Å². The molecule has 0 amide bonds. The Morgan fingerprint density at radius 1 is 0.744 bits per heavy atom. The Bertz CT molecular complexity index is 1560. The number of rotatable bonds is 5. The second-order valence-corrected chi connectivity index (χ2v) is 10.7. The Hall–Kier alpha value is -4.00. The smallest absolute Gasteiger partial charge is 0.146 e. The molecule has 0 N–H and O–H groups in total. The molecule has 0 saturated carbocycles. The van der Waals surface area contributed by atoms with Crippen molar-refractivity contribution in [3.8, 4) is 21.8 Å². The number of anilines is 1. The van der Waals surface area contributed by atoms with E-state index >= 15 is 0 Å². The molecule has 0 aliphatic carbocycles. The number of aliphatic imine (C=N–C) groups is 1. The molecule has 0 spiro atoms. The predicted molar refractivity (Wildman–Crippen MR) is 161 cm³/mol. The third-order valence-corrected chi connectivity index (χ3v) is 8.01. The van der Waals surface area contributed by atoms with Gasteiger partial charge in [0.2, 0.25) is 0 Å². The summed E-state index contributed by atoms with van der Waals surface area (Å²) in [6.07, 6.45) is 0. The van der Waals surface area contributed by atoms with Crippen LogP contribution in [0.5, 0.6) is 0 Å². The molecule has 2 heterocycles. The Morgan fingerprint density at radius 3 is 2.05 bits per heavy atom. The summed E-state index contributed by atoms with van der Waals surface area (Å²) >= 11 is 7.73. The van der Waals surface area contributed by atoms with E-state index in [0.717, 1.165) is 70.1 Å². The first kappa shape index (κ1) is 25.3. The third-order valence-electron chi connectivity index (χ3n) is 6.76. The molecule has 1 aliphatic rings. The fourth-order valence-electron chi connectivity index (χ4n) is 4.72. The van der Waals surface area contributed by atoms with E-state index in [9.17, 15) is 4.39 Å². The zero-order valence-electron chi connectivity index (χ0n) is 21.2. The summed E-state index contributed by atoms with van der Waals surface area (Å²) in [5, 5.41) is 2.46. The number of thiazole rings is 1. The van der Waals surface area contributed by atoms with E-state index in [-0.39, 0.29) is 5.82 Å². The van der Waals surface area contributed by atoms with Gasteiger partial charge in [-0.1, -0.05) is 95.7 Å². The van der Waals surface area contributed by atoms with E-state index in [2.05, 4.69) is 34.1 Å². The third kappa shape index (κ3) is 5.72. The normalized spacial score (nSPS) is 14.1. The van der Waals surface area contributed by atoms with E-state index in [0.29, 0.717) is 5.02 Å². The monoisotopic (exact) mass is 552 g/mol. The maximum atomic E-state index is 13.4. The molecule has 4 aromatic carbocycles. The fraction of sp³-hybridized carbons (Fsp3) is 0.125. The highest BCUT2D eigenvalue weighted by Crippen LogP contribution is 2.40. The van der Waals surface area contributed by atoms with Crippen molar-refractivity contribution in [1.29, 1.82) is 0 Å². The number of aromatic nitrogens is 1. The number of hydrogen-bond acceptors (Lipinski definition) is 4. The lowest BCUT2D eigenvalue weighted by molar-refractivity contribution is 0.386. The van der Waals surface area contributed by atoms with E-state index in [1.165, 1.54) is 12.1 Å². The van der Waals surface area contributed by atoms with Gasteiger partial charge in [0.1, 0.15) is 27.4 Å². The summed E-state index contributed by atoms with van der Waals surface area (Å²) in [6, 6.07) is 35.0. The van der Waals surface area contributed by atoms with Gasteiger partial charge >= 0.3 is 0 Å². The number of halogens is 2. The minimum Gasteiger partial charge on any atom is -0.368 e. The Kier molecular flexibility index (Phi) is 7.39. The first-order valence-corrected chi connectivity index (χ1v) is 14.1. The van der Waals surface area contributed by atoms with E-state index in [1.807, 2.05) is 72.8 Å². The van der Waals surface area contributed by atoms with Crippen molar-refractivity contribution in [2.24, 2.45) is 4.99 Å². The highest BCUT2D eigenvalue weighted by molar-refractivity contribution is 7.19. The molecule has 1 aromatic heterocycles. The molecule has 1 saturated heterocycles. The molecular formula is C32H26ClFN4S. The minimum atomic E-state index is -0.215. The summed E-state index contributed by atoms with van der Waals surface area (Å²) in [7, 11) is 0. The average Bonchev–Trinajstić information content (AvgIpc) is 3.42. The molecule has 5 aromatic rings. The fourth-order valence-corrected chi connectivity index (χ4v) is 5.81. The Balaban J connectivity index is 1.38. The van der Waals surface area contributed by atoms with Crippen molar-refractivity contribution in [2.45, 2.75) is 0 Å². The lowest BCUT2D eigenvalue weighted by Crippen LogP contribution is -2.49. The second kappa shape index (κ2) is 11.4. The van der Waals surface area contributed by atoms with Crippen molar-refractivity contribution in [1.82, 2.24) is 9.88 Å². The van der Waals surface area contributed by atoms with Crippen LogP contribution >= 0.6 is 22.9 Å². The van der Waals surface area contributed by atoms with Crippen LogP contribution in [0.15, 0.2) is 114 Å². The van der Waals surface area contributed by atoms with Crippen LogP contribution in [0.3, 0.4) is 0 Å². The van der Waals surface area contributed by atoms with Crippen LogP contribution < -0.4 is 4.90 Å². The minimum absolute atomic E-state index is 0.215. The van der Waals surface area contributed by atoms with Crippen molar-refractivity contribution in [3.05, 3.63) is 126 Å². The molecule has 194 valence electrons. The molecule has 0 atom stereocenters. The zero-order valence-corrected chi connectivity index (χ0v) is 22.7. The van der Waals surface area contributed by atoms with Crippen molar-refractivity contribution < 1.29 is 4.39 Å². The standard InChI is InChI=1S/C32H26ClFN4S/c33-26-13-11-25(12-14-26)31-35-29(23-7-3-1-4-8-23)32(39-31)36-30(24-9-5-2-6-10-24)38-21-19-37(20-22-38)28-17-15-27(34)16-18-28/h1-18H,19-22H2. The van der Waals surface area contributed by atoms with Gasteiger partial charge in [-0.25, -0.2) is 14.4 Å². The molecule has 0 unspecified atom stereocenters. The van der Waals surface area contributed by atoms with Gasteiger partial charge in [-0.3, -0.25) is 0 Å². The second-order valence-electron chi connectivity index (χ2n) is 9.30. The molecule has 1 aliphatic heterocycles. The average molecular weight is 553 g/mol. The highest BCUT2D eigenvalue weighted by Gasteiger charge is 2.23. The summed E-state index contributed by atoms with van der Waals surface area (Å²) in [6.45, 7) is 3.24. The SMILES string of the molecule is Fc1ccc(N2CCN(C(=Nc3sc(-c4ccc(Cl)cc4)nc3-c3ccccc3)c3ccccc3)CC2)cc1. The summed E-state index contributed by atoms with van der Waals surface area (Å²) in [5.74, 6) is 0.713. The van der Waals surface area contributed by atoms with Crippen molar-refractivity contribution in [3.63, 3.8) is 0 Å². The van der Waals surface area contributed by atoms with Crippen LogP contribution in [-0.4, -0.2) is 41.9 Å². The molecule has 0 radical (unpaired) electrons. The molecule has 6 rings (SSSR count). The molecule has 4 nitrogen and oxygen atoms in total. The summed E-state index contributed by atoms with van der Waals surface area (Å²) in [5.41, 5.74) is 5.01. The van der Waals surface area contributed by atoms with E-state index < -0.39 is 0 Å². The van der Waals surface area contributed by atoms with Crippen LogP contribution in [0.1, 0.15) is 5.56 Å². The number of amidine groups is 1. The van der Waals surface area contributed by atoms with Gasteiger partial charge in [0.25, 0.3) is 0 Å². The Labute approximate surface area is 236 Å². The lowest BCUT2D eigenvalue weighted by atomic mass is 10.1. The molecule has 0 bridgehead atoms. The predicted octanol–water partition coefficient (Wildman–Crippen LogP) is 8.17. The van der Waals surface area contributed by atoms with Crippen LogP contribution in [0, 0.1) is 5.82 Å². The van der Waals surface area contributed by atoms with Crippen LogP contribution in [-0.2, 0) is 0 Å². The molecule has 1 fully saturated rings. The first-order valence-electron chi connectivity index (χ1n) is 12.9. The van der Waals surface area contributed by atoms with Gasteiger partial charge in [-0.2, -0.15) is 0 Å². The van der Waals surface area contributed by atoms with E-state index in [4.69, 9.17) is 21.6 Å². The van der Waals surface area contributed by atoms with Crippen molar-refractivity contribution in [2.75, 3.05) is 31.1 Å². The molecule has 39 heavy (non-hydrogen) atoms. The largest absolute Gasteiger partial charge is 0.368 e. The van der Waals surface area contributed by atoms with Gasteiger partial charge < -0.3 is 9.80 Å². The lowest BCUT2D eigenvalue weighted by Gasteiger charge is -2.37. The number of benzene rings is 4. The molecule has 7 heteroatoms. The van der Waals surface area contributed by atoms with Crippen molar-refractivity contribution >= 4 is 39.5 Å². The van der Waals surface area contributed by atoms with Gasteiger partial charge in [0, 0.05) is 53.6 Å². The van der Waals surface area contributed by atoms with E-state index in [1.54, 1.807) is 11.3 Å².